The second-order valence-electron chi connectivity index (χ2n) is 4.04. The van der Waals surface area contributed by atoms with Crippen molar-refractivity contribution in [2.24, 2.45) is 0 Å². The molecule has 5 heteroatoms. The molecular weight excluding hydrogens is 232 g/mol. The van der Waals surface area contributed by atoms with Crippen LogP contribution in [0.4, 0.5) is 0 Å². The highest BCUT2D eigenvalue weighted by Gasteiger charge is 1.96. The molecule has 1 rings (SSSR count). The number of aromatic nitrogens is 2. The van der Waals surface area contributed by atoms with Gasteiger partial charge < -0.3 is 14.2 Å². The standard InChI is InChI=1S/C13H24N2O3/c1-2-7-16-9-11-18-12-10-17-8-3-5-15-6-4-14-13-15/h4,6,13H,2-3,5,7-12H2,1H3/p+1. The molecule has 0 spiro atoms. The average Bonchev–Trinajstić information content (AvgIpc) is 2.89. The number of aryl methyl sites for hydroxylation is 1. The van der Waals surface area contributed by atoms with E-state index in [1.54, 1.807) is 0 Å². The average molecular weight is 257 g/mol. The van der Waals surface area contributed by atoms with Crippen molar-refractivity contribution in [1.82, 2.24) is 4.98 Å². The summed E-state index contributed by atoms with van der Waals surface area (Å²) in [5, 5.41) is 0. The van der Waals surface area contributed by atoms with Gasteiger partial charge in [-0.15, -0.1) is 0 Å². The van der Waals surface area contributed by atoms with Crippen LogP contribution in [0, 0.1) is 0 Å². The van der Waals surface area contributed by atoms with Gasteiger partial charge in [0.25, 0.3) is 0 Å². The maximum absolute atomic E-state index is 5.47. The van der Waals surface area contributed by atoms with Crippen LogP contribution < -0.4 is 4.57 Å². The molecule has 1 heterocycles. The number of nitrogens with zero attached hydrogens (tertiary/aromatic N) is 1. The van der Waals surface area contributed by atoms with Crippen LogP contribution in [-0.4, -0.2) is 44.6 Å². The number of hydrogen-bond donors (Lipinski definition) is 1. The summed E-state index contributed by atoms with van der Waals surface area (Å²) in [6.45, 7) is 7.30. The van der Waals surface area contributed by atoms with E-state index in [2.05, 4.69) is 16.5 Å². The predicted molar refractivity (Wildman–Crippen MR) is 68.4 cm³/mol. The smallest absolute Gasteiger partial charge is 0.241 e. The van der Waals surface area contributed by atoms with Crippen molar-refractivity contribution in [2.75, 3.05) is 39.6 Å². The minimum atomic E-state index is 0.646. The predicted octanol–water partition coefficient (Wildman–Crippen LogP) is 1.15. The zero-order chi connectivity index (χ0) is 12.9. The highest BCUT2D eigenvalue weighted by molar-refractivity contribution is 4.55. The maximum atomic E-state index is 5.47. The van der Waals surface area contributed by atoms with Gasteiger partial charge in [-0.1, -0.05) is 6.92 Å². The number of H-pyrrole nitrogens is 1. The van der Waals surface area contributed by atoms with Gasteiger partial charge in [-0.25, -0.2) is 4.57 Å². The Morgan fingerprint density at radius 3 is 2.22 bits per heavy atom. The van der Waals surface area contributed by atoms with Crippen LogP contribution in [0.1, 0.15) is 19.8 Å². The van der Waals surface area contributed by atoms with E-state index in [0.717, 1.165) is 32.6 Å². The Balaban J connectivity index is 1.73. The highest BCUT2D eigenvalue weighted by Crippen LogP contribution is 1.86. The van der Waals surface area contributed by atoms with Crippen LogP contribution in [0.3, 0.4) is 0 Å². The van der Waals surface area contributed by atoms with Crippen molar-refractivity contribution in [3.05, 3.63) is 18.7 Å². The number of aromatic amines is 1. The van der Waals surface area contributed by atoms with Gasteiger partial charge in [0.15, 0.2) is 0 Å². The first-order valence-corrected chi connectivity index (χ1v) is 6.68. The molecule has 0 atom stereocenters. The fourth-order valence-corrected chi connectivity index (χ4v) is 1.50. The van der Waals surface area contributed by atoms with Crippen LogP contribution in [0.15, 0.2) is 18.7 Å². The van der Waals surface area contributed by atoms with E-state index in [1.807, 2.05) is 18.7 Å². The molecule has 0 unspecified atom stereocenters. The van der Waals surface area contributed by atoms with Crippen LogP contribution in [-0.2, 0) is 20.8 Å². The van der Waals surface area contributed by atoms with Crippen molar-refractivity contribution >= 4 is 0 Å². The molecule has 1 N–H and O–H groups in total. The normalized spacial score (nSPS) is 10.9. The van der Waals surface area contributed by atoms with Crippen molar-refractivity contribution in [2.45, 2.75) is 26.3 Å². The summed E-state index contributed by atoms with van der Waals surface area (Å²) in [5.41, 5.74) is 0. The fourth-order valence-electron chi connectivity index (χ4n) is 1.50. The summed E-state index contributed by atoms with van der Waals surface area (Å²) in [5.74, 6) is 0. The summed E-state index contributed by atoms with van der Waals surface area (Å²) >= 11 is 0. The zero-order valence-electron chi connectivity index (χ0n) is 11.3. The number of hydrogen-bond acceptors (Lipinski definition) is 3. The lowest BCUT2D eigenvalue weighted by Gasteiger charge is -2.05. The molecule has 0 saturated carbocycles. The summed E-state index contributed by atoms with van der Waals surface area (Å²) in [7, 11) is 0. The van der Waals surface area contributed by atoms with Gasteiger partial charge in [-0.2, -0.15) is 0 Å². The van der Waals surface area contributed by atoms with Crippen LogP contribution in [0.25, 0.3) is 0 Å². The minimum Gasteiger partial charge on any atom is -0.379 e. The summed E-state index contributed by atoms with van der Waals surface area (Å²) < 4.78 is 18.2. The third kappa shape index (κ3) is 8.22. The third-order valence-corrected chi connectivity index (χ3v) is 2.40. The van der Waals surface area contributed by atoms with Gasteiger partial charge in [-0.3, -0.25) is 4.98 Å². The molecule has 1 aromatic rings. The Morgan fingerprint density at radius 1 is 0.944 bits per heavy atom. The molecule has 0 bridgehead atoms. The van der Waals surface area contributed by atoms with Gasteiger partial charge in [0.1, 0.15) is 12.4 Å². The molecular formula is C13H25N2O3+. The van der Waals surface area contributed by atoms with Gasteiger partial charge in [0.2, 0.25) is 6.33 Å². The number of nitrogens with one attached hydrogen (secondary N) is 1. The molecule has 0 aliphatic heterocycles. The van der Waals surface area contributed by atoms with Gasteiger partial charge in [0.05, 0.1) is 39.6 Å². The van der Waals surface area contributed by atoms with E-state index in [0.29, 0.717) is 26.4 Å². The molecule has 0 radical (unpaired) electrons. The largest absolute Gasteiger partial charge is 0.379 e. The lowest BCUT2D eigenvalue weighted by molar-refractivity contribution is -0.696. The quantitative estimate of drug-likeness (QED) is 0.451. The van der Waals surface area contributed by atoms with Crippen LogP contribution in [0.2, 0.25) is 0 Å². The lowest BCUT2D eigenvalue weighted by atomic mass is 10.4. The first kappa shape index (κ1) is 15.1. The monoisotopic (exact) mass is 257 g/mol. The molecule has 104 valence electrons. The van der Waals surface area contributed by atoms with E-state index in [-0.39, 0.29) is 0 Å². The van der Waals surface area contributed by atoms with Crippen LogP contribution >= 0.6 is 0 Å². The Hall–Kier alpha value is -0.910. The molecule has 0 aliphatic carbocycles. The summed E-state index contributed by atoms with van der Waals surface area (Å²) in [4.78, 5) is 3.01. The Kier molecular flexibility index (Phi) is 9.42. The molecule has 0 fully saturated rings. The van der Waals surface area contributed by atoms with E-state index in [9.17, 15) is 0 Å². The second-order valence-corrected chi connectivity index (χ2v) is 4.04. The van der Waals surface area contributed by atoms with Gasteiger partial charge in [-0.05, 0) is 6.42 Å². The minimum absolute atomic E-state index is 0.646. The molecule has 0 amide bonds. The Bertz CT molecular complexity index is 265. The molecule has 1 aromatic heterocycles. The van der Waals surface area contributed by atoms with Crippen molar-refractivity contribution in [1.29, 1.82) is 0 Å². The van der Waals surface area contributed by atoms with Crippen molar-refractivity contribution in [3.8, 4) is 0 Å². The van der Waals surface area contributed by atoms with Crippen LogP contribution in [0.5, 0.6) is 0 Å². The van der Waals surface area contributed by atoms with Crippen molar-refractivity contribution < 1.29 is 18.8 Å². The lowest BCUT2D eigenvalue weighted by Crippen LogP contribution is -2.31. The number of imidazole rings is 1. The number of ether oxygens (including phenoxy) is 3. The van der Waals surface area contributed by atoms with Gasteiger partial charge in [0, 0.05) is 13.0 Å². The van der Waals surface area contributed by atoms with E-state index in [4.69, 9.17) is 14.2 Å². The molecule has 0 saturated heterocycles. The molecule has 18 heavy (non-hydrogen) atoms. The summed E-state index contributed by atoms with van der Waals surface area (Å²) in [6.07, 6.45) is 7.94. The SMILES string of the molecule is CCCOCCOCCOCCC[n+]1cc[nH]c1. The highest BCUT2D eigenvalue weighted by atomic mass is 16.5. The maximum Gasteiger partial charge on any atom is 0.241 e. The second kappa shape index (κ2) is 11.2. The van der Waals surface area contributed by atoms with Crippen molar-refractivity contribution in [3.63, 3.8) is 0 Å². The topological polar surface area (TPSA) is 47.4 Å². The third-order valence-electron chi connectivity index (χ3n) is 2.40. The van der Waals surface area contributed by atoms with Gasteiger partial charge >= 0.3 is 0 Å². The Morgan fingerprint density at radius 2 is 1.61 bits per heavy atom. The van der Waals surface area contributed by atoms with E-state index >= 15 is 0 Å². The number of rotatable bonds is 12. The summed E-state index contributed by atoms with van der Waals surface area (Å²) in [6, 6.07) is 0. The first-order chi connectivity index (χ1) is 8.93. The molecule has 0 aliphatic rings. The molecule has 5 nitrogen and oxygen atoms in total. The molecule has 0 aromatic carbocycles. The first-order valence-electron chi connectivity index (χ1n) is 6.68. The zero-order valence-corrected chi connectivity index (χ0v) is 11.3. The fraction of sp³-hybridized carbons (Fsp3) is 0.769. The van der Waals surface area contributed by atoms with E-state index < -0.39 is 0 Å². The van der Waals surface area contributed by atoms with E-state index in [1.165, 1.54) is 0 Å². The Labute approximate surface area is 109 Å².